The third kappa shape index (κ3) is 2.31. The van der Waals surface area contributed by atoms with Crippen molar-refractivity contribution in [1.82, 2.24) is 0 Å². The fourth-order valence-corrected chi connectivity index (χ4v) is 0.482. The van der Waals surface area contributed by atoms with Crippen LogP contribution in [0.15, 0.2) is 17.3 Å². The van der Waals surface area contributed by atoms with Crippen LogP contribution in [0.25, 0.3) is 0 Å². The van der Waals surface area contributed by atoms with Crippen LogP contribution < -0.4 is 0 Å². The predicted molar refractivity (Wildman–Crippen MR) is 38.9 cm³/mol. The lowest BCUT2D eigenvalue weighted by Gasteiger charge is -2.05. The van der Waals surface area contributed by atoms with E-state index >= 15 is 0 Å². The molecule has 9 heavy (non-hydrogen) atoms. The molecule has 0 aromatic rings. The third-order valence-corrected chi connectivity index (χ3v) is 1.31. The number of hydrogen-bond acceptors (Lipinski definition) is 2. The molecular weight excluding hydrogens is 114 g/mol. The Balaban J connectivity index is 4.06. The Labute approximate surface area is 55.9 Å². The van der Waals surface area contributed by atoms with Crippen LogP contribution >= 0.6 is 0 Å². The van der Waals surface area contributed by atoms with Crippen LogP contribution in [0.4, 0.5) is 0 Å². The zero-order chi connectivity index (χ0) is 7.44. The fraction of sp³-hybridized carbons (Fsp3) is 0.571. The molecule has 0 aliphatic rings. The summed E-state index contributed by atoms with van der Waals surface area (Å²) in [6, 6.07) is 0. The van der Waals surface area contributed by atoms with Crippen LogP contribution in [0, 0.1) is 5.92 Å². The van der Waals surface area contributed by atoms with Crippen molar-refractivity contribution in [2.45, 2.75) is 20.8 Å². The summed E-state index contributed by atoms with van der Waals surface area (Å²) in [4.78, 5) is 0. The van der Waals surface area contributed by atoms with Gasteiger partial charge in [-0.1, -0.05) is 25.6 Å². The molecule has 52 valence electrons. The molecule has 1 N–H and O–H groups in total. The van der Waals surface area contributed by atoms with E-state index in [0.717, 1.165) is 5.57 Å². The normalized spacial score (nSPS) is 12.2. The number of rotatable bonds is 2. The molecule has 0 amide bonds. The van der Waals surface area contributed by atoms with Crippen molar-refractivity contribution in [1.29, 1.82) is 0 Å². The highest BCUT2D eigenvalue weighted by Gasteiger charge is 2.02. The summed E-state index contributed by atoms with van der Waals surface area (Å²) in [7, 11) is 0. The van der Waals surface area contributed by atoms with E-state index in [9.17, 15) is 0 Å². The standard InChI is InChI=1S/C7H13NO/c1-5(2)6(3)7(4)8-9/h5,9H,3H2,1-2,4H3. The third-order valence-electron chi connectivity index (χ3n) is 1.31. The Kier molecular flexibility index (Phi) is 2.99. The van der Waals surface area contributed by atoms with Crippen molar-refractivity contribution in [3.63, 3.8) is 0 Å². The molecular formula is C7H13NO. The van der Waals surface area contributed by atoms with E-state index in [2.05, 4.69) is 11.7 Å². The van der Waals surface area contributed by atoms with E-state index in [1.165, 1.54) is 0 Å². The van der Waals surface area contributed by atoms with Crippen LogP contribution in [0.2, 0.25) is 0 Å². The van der Waals surface area contributed by atoms with Gasteiger partial charge in [0.25, 0.3) is 0 Å². The minimum Gasteiger partial charge on any atom is -0.411 e. The number of allylic oxidation sites excluding steroid dienone is 1. The Morgan fingerprint density at radius 2 is 2.00 bits per heavy atom. The maximum Gasteiger partial charge on any atom is 0.0793 e. The summed E-state index contributed by atoms with van der Waals surface area (Å²) in [5.41, 5.74) is 1.50. The first-order valence-electron chi connectivity index (χ1n) is 2.97. The average molecular weight is 127 g/mol. The largest absolute Gasteiger partial charge is 0.411 e. The van der Waals surface area contributed by atoms with E-state index < -0.39 is 0 Å². The van der Waals surface area contributed by atoms with Gasteiger partial charge in [0.15, 0.2) is 0 Å². The minimum atomic E-state index is 0.362. The minimum absolute atomic E-state index is 0.362. The van der Waals surface area contributed by atoms with Crippen LogP contribution in [0.5, 0.6) is 0 Å². The first-order valence-corrected chi connectivity index (χ1v) is 2.97. The van der Waals surface area contributed by atoms with Gasteiger partial charge in [-0.05, 0) is 18.4 Å². The first kappa shape index (κ1) is 8.21. The van der Waals surface area contributed by atoms with Crippen molar-refractivity contribution in [2.75, 3.05) is 0 Å². The zero-order valence-corrected chi connectivity index (χ0v) is 6.18. The molecule has 0 radical (unpaired) electrons. The second kappa shape index (κ2) is 3.28. The van der Waals surface area contributed by atoms with Gasteiger partial charge in [0.05, 0.1) is 5.71 Å². The summed E-state index contributed by atoms with van der Waals surface area (Å²) in [5.74, 6) is 0.362. The molecule has 0 spiro atoms. The highest BCUT2D eigenvalue weighted by atomic mass is 16.4. The summed E-state index contributed by atoms with van der Waals surface area (Å²) in [6.07, 6.45) is 0. The lowest BCUT2D eigenvalue weighted by molar-refractivity contribution is 0.318. The summed E-state index contributed by atoms with van der Waals surface area (Å²) >= 11 is 0. The molecule has 0 saturated carbocycles. The topological polar surface area (TPSA) is 32.6 Å². The highest BCUT2D eigenvalue weighted by molar-refractivity contribution is 5.97. The highest BCUT2D eigenvalue weighted by Crippen LogP contribution is 2.07. The van der Waals surface area contributed by atoms with Gasteiger partial charge < -0.3 is 5.21 Å². The maximum absolute atomic E-state index is 8.28. The van der Waals surface area contributed by atoms with Crippen molar-refractivity contribution in [2.24, 2.45) is 11.1 Å². The number of nitrogens with zero attached hydrogens (tertiary/aromatic N) is 1. The fourth-order valence-electron chi connectivity index (χ4n) is 0.482. The second-order valence-electron chi connectivity index (χ2n) is 2.37. The summed E-state index contributed by atoms with van der Waals surface area (Å²) < 4.78 is 0. The van der Waals surface area contributed by atoms with Gasteiger partial charge in [-0.15, -0.1) is 0 Å². The maximum atomic E-state index is 8.28. The summed E-state index contributed by atoms with van der Waals surface area (Å²) in [6.45, 7) is 9.49. The quantitative estimate of drug-likeness (QED) is 0.343. The van der Waals surface area contributed by atoms with Crippen LogP contribution in [-0.2, 0) is 0 Å². The molecule has 0 fully saturated rings. The molecule has 0 aliphatic carbocycles. The molecule has 0 aromatic heterocycles. The predicted octanol–water partition coefficient (Wildman–Crippen LogP) is 2.05. The molecule has 0 bridgehead atoms. The van der Waals surface area contributed by atoms with Gasteiger partial charge in [-0.3, -0.25) is 0 Å². The molecule has 0 aromatic carbocycles. The molecule has 0 saturated heterocycles. The zero-order valence-electron chi connectivity index (χ0n) is 6.18. The second-order valence-corrected chi connectivity index (χ2v) is 2.37. The molecule has 0 heterocycles. The molecule has 0 unspecified atom stereocenters. The Bertz CT molecular complexity index is 136. The molecule has 2 heteroatoms. The Morgan fingerprint density at radius 3 is 2.11 bits per heavy atom. The molecule has 0 atom stereocenters. The Hall–Kier alpha value is -0.790. The number of hydrogen-bond donors (Lipinski definition) is 1. The smallest absolute Gasteiger partial charge is 0.0793 e. The van der Waals surface area contributed by atoms with E-state index in [1.807, 2.05) is 13.8 Å². The van der Waals surface area contributed by atoms with Gasteiger partial charge >= 0.3 is 0 Å². The monoisotopic (exact) mass is 127 g/mol. The van der Waals surface area contributed by atoms with Crippen LogP contribution in [0.3, 0.4) is 0 Å². The average Bonchev–Trinajstić information content (AvgIpc) is 1.84. The van der Waals surface area contributed by atoms with Crippen molar-refractivity contribution < 1.29 is 5.21 Å². The lowest BCUT2D eigenvalue weighted by atomic mass is 10.0. The molecule has 2 nitrogen and oxygen atoms in total. The van der Waals surface area contributed by atoms with Gasteiger partial charge in [-0.2, -0.15) is 0 Å². The van der Waals surface area contributed by atoms with Crippen molar-refractivity contribution >= 4 is 5.71 Å². The molecule has 0 aliphatic heterocycles. The van der Waals surface area contributed by atoms with Crippen molar-refractivity contribution in [3.05, 3.63) is 12.2 Å². The van der Waals surface area contributed by atoms with Gasteiger partial charge in [0.2, 0.25) is 0 Å². The van der Waals surface area contributed by atoms with Gasteiger partial charge in [0, 0.05) is 0 Å². The first-order chi connectivity index (χ1) is 4.09. The molecule has 0 rings (SSSR count). The van der Waals surface area contributed by atoms with Crippen LogP contribution in [0.1, 0.15) is 20.8 Å². The van der Waals surface area contributed by atoms with E-state index in [4.69, 9.17) is 5.21 Å². The van der Waals surface area contributed by atoms with Crippen LogP contribution in [-0.4, -0.2) is 10.9 Å². The number of oxime groups is 1. The lowest BCUT2D eigenvalue weighted by Crippen LogP contribution is -2.02. The van der Waals surface area contributed by atoms with Gasteiger partial charge in [-0.25, -0.2) is 0 Å². The van der Waals surface area contributed by atoms with E-state index in [1.54, 1.807) is 6.92 Å². The summed E-state index contributed by atoms with van der Waals surface area (Å²) in [5, 5.41) is 11.3. The SMILES string of the molecule is C=C(C(C)=NO)C(C)C. The van der Waals surface area contributed by atoms with E-state index in [-0.39, 0.29) is 0 Å². The van der Waals surface area contributed by atoms with Crippen molar-refractivity contribution in [3.8, 4) is 0 Å². The Morgan fingerprint density at radius 1 is 1.56 bits per heavy atom. The van der Waals surface area contributed by atoms with Gasteiger partial charge in [0.1, 0.15) is 0 Å². The van der Waals surface area contributed by atoms with E-state index in [0.29, 0.717) is 11.6 Å².